The lowest BCUT2D eigenvalue weighted by Gasteiger charge is -2.40. The minimum absolute atomic E-state index is 0.0490. The normalized spacial score (nSPS) is 44.9. The molecule has 0 amide bonds. The van der Waals surface area contributed by atoms with Crippen molar-refractivity contribution < 1.29 is 43.2 Å². The highest BCUT2D eigenvalue weighted by molar-refractivity contribution is 6.27. The Balaban J connectivity index is 1.23. The number of hydrogen-bond acceptors (Lipinski definition) is 9. The van der Waals surface area contributed by atoms with Gasteiger partial charge < -0.3 is 28.8 Å². The fraction of sp³-hybridized carbons (Fsp3) is 0.767. The summed E-state index contributed by atoms with van der Waals surface area (Å²) in [5.41, 5.74) is -0.530. The van der Waals surface area contributed by atoms with Crippen LogP contribution in [0.25, 0.3) is 0 Å². The third-order valence-corrected chi connectivity index (χ3v) is 10.0. The highest BCUT2D eigenvalue weighted by Crippen LogP contribution is 2.50. The first-order valence-corrected chi connectivity index (χ1v) is 15.1. The summed E-state index contributed by atoms with van der Waals surface area (Å²) in [6.45, 7) is 10.4. The van der Waals surface area contributed by atoms with E-state index in [0.29, 0.717) is 12.8 Å². The molecular formula is C30H41ClO9. The summed E-state index contributed by atoms with van der Waals surface area (Å²) in [5.74, 6) is -1.93. The number of halogens is 1. The molecule has 0 aromatic carbocycles. The SMILES string of the molecule is CC[C@@]1([C@@H]2O[C@@H]([C@H]3OC(=O)[C@H](C)C[C@@H]3C)C[C@@H]2C)CC[C@H]([C@]2(C)CC[C@@H](CC(=O)C3=C(O)/C(=C/Cl)OC3=O)O2)O1. The van der Waals surface area contributed by atoms with E-state index in [1.165, 1.54) is 0 Å². The lowest BCUT2D eigenvalue weighted by molar-refractivity contribution is -0.204. The lowest BCUT2D eigenvalue weighted by Crippen LogP contribution is -2.49. The fourth-order valence-corrected chi connectivity index (χ4v) is 7.72. The Kier molecular flexibility index (Phi) is 8.16. The summed E-state index contributed by atoms with van der Waals surface area (Å²) in [6.07, 6.45) is 4.24. The molecule has 9 nitrogen and oxygen atoms in total. The van der Waals surface area contributed by atoms with Crippen molar-refractivity contribution in [3.63, 3.8) is 0 Å². The molecule has 1 N–H and O–H groups in total. The van der Waals surface area contributed by atoms with Gasteiger partial charge in [0.05, 0.1) is 47.1 Å². The van der Waals surface area contributed by atoms with E-state index < -0.39 is 34.8 Å². The summed E-state index contributed by atoms with van der Waals surface area (Å²) in [4.78, 5) is 37.2. The minimum atomic E-state index is -0.905. The molecule has 40 heavy (non-hydrogen) atoms. The summed E-state index contributed by atoms with van der Waals surface area (Å²) in [5, 5.41) is 10.2. The summed E-state index contributed by atoms with van der Waals surface area (Å²) in [7, 11) is 0. The molecule has 0 aliphatic carbocycles. The average molecular weight is 581 g/mol. The molecule has 5 aliphatic rings. The van der Waals surface area contributed by atoms with Gasteiger partial charge in [-0.3, -0.25) is 9.59 Å². The second-order valence-electron chi connectivity index (χ2n) is 12.7. The van der Waals surface area contributed by atoms with Crippen LogP contribution < -0.4 is 0 Å². The first-order valence-electron chi connectivity index (χ1n) is 14.6. The van der Waals surface area contributed by atoms with E-state index in [0.717, 1.165) is 37.6 Å². The van der Waals surface area contributed by atoms with Gasteiger partial charge in [-0.05, 0) is 63.7 Å². The van der Waals surface area contributed by atoms with Crippen molar-refractivity contribution in [3.8, 4) is 0 Å². The third kappa shape index (κ3) is 5.12. The van der Waals surface area contributed by atoms with E-state index in [9.17, 15) is 19.5 Å². The summed E-state index contributed by atoms with van der Waals surface area (Å²) in [6, 6.07) is 0. The molecule has 0 radical (unpaired) electrons. The molecule has 5 aliphatic heterocycles. The largest absolute Gasteiger partial charge is 0.504 e. The minimum Gasteiger partial charge on any atom is -0.504 e. The number of ketones is 1. The number of cyclic esters (lactones) is 2. The highest BCUT2D eigenvalue weighted by Gasteiger charge is 2.58. The maximum Gasteiger partial charge on any atom is 0.351 e. The molecule has 0 saturated carbocycles. The fourth-order valence-electron chi connectivity index (χ4n) is 7.57. The van der Waals surface area contributed by atoms with Gasteiger partial charge in [0, 0.05) is 6.42 Å². The van der Waals surface area contributed by atoms with Gasteiger partial charge in [-0.1, -0.05) is 39.3 Å². The van der Waals surface area contributed by atoms with Crippen molar-refractivity contribution in [1.82, 2.24) is 0 Å². The predicted molar refractivity (Wildman–Crippen MR) is 144 cm³/mol. The standard InChI is InChI=1S/C30H41ClO9/c1-6-30(26-16(3)12-20(36-26)25-15(2)11-17(4)27(34)38-25)10-8-22(40-30)29(5)9-7-18(39-29)13-19(32)23-24(33)21(14-31)37-28(23)35/h14-18,20,22,25-26,33H,6-13H2,1-5H3/b21-14-/t15-,16-,17+,18-,20+,22+,25-,26+,29-,30-/m0/s1. The quantitative estimate of drug-likeness (QED) is 0.326. The number of Topliss-reactive ketones (excluding diaryl/α,β-unsaturated/α-hetero) is 1. The van der Waals surface area contributed by atoms with Crippen LogP contribution in [-0.4, -0.2) is 64.6 Å². The van der Waals surface area contributed by atoms with Crippen molar-refractivity contribution in [2.24, 2.45) is 17.8 Å². The maximum absolute atomic E-state index is 12.8. The highest BCUT2D eigenvalue weighted by atomic mass is 35.5. The van der Waals surface area contributed by atoms with E-state index in [-0.39, 0.29) is 65.9 Å². The van der Waals surface area contributed by atoms with E-state index in [1.807, 2.05) is 13.8 Å². The zero-order valence-corrected chi connectivity index (χ0v) is 24.7. The Morgan fingerprint density at radius 3 is 2.52 bits per heavy atom. The molecule has 5 rings (SSSR count). The van der Waals surface area contributed by atoms with E-state index in [1.54, 1.807) is 0 Å². The van der Waals surface area contributed by atoms with Crippen LogP contribution in [0.4, 0.5) is 0 Å². The zero-order chi connectivity index (χ0) is 29.0. The average Bonchev–Trinajstić information content (AvgIpc) is 3.67. The Bertz CT molecular complexity index is 1120. The van der Waals surface area contributed by atoms with Gasteiger partial charge in [-0.15, -0.1) is 0 Å². The number of aliphatic hydroxyl groups is 1. The van der Waals surface area contributed by atoms with Crippen LogP contribution in [0.15, 0.2) is 22.6 Å². The summed E-state index contributed by atoms with van der Waals surface area (Å²) < 4.78 is 30.7. The topological polar surface area (TPSA) is 118 Å². The van der Waals surface area contributed by atoms with E-state index >= 15 is 0 Å². The van der Waals surface area contributed by atoms with Gasteiger partial charge in [0.25, 0.3) is 0 Å². The van der Waals surface area contributed by atoms with Crippen molar-refractivity contribution in [3.05, 3.63) is 22.6 Å². The number of hydrogen-bond donors (Lipinski definition) is 1. The van der Waals surface area contributed by atoms with Crippen molar-refractivity contribution in [2.75, 3.05) is 0 Å². The van der Waals surface area contributed by atoms with Crippen LogP contribution in [0, 0.1) is 17.8 Å². The Hall–Kier alpha value is -1.94. The monoisotopic (exact) mass is 580 g/mol. The number of aliphatic hydroxyl groups excluding tert-OH is 1. The van der Waals surface area contributed by atoms with Gasteiger partial charge in [0.1, 0.15) is 11.7 Å². The van der Waals surface area contributed by atoms with E-state index in [2.05, 4.69) is 20.8 Å². The first kappa shape index (κ1) is 29.5. The van der Waals surface area contributed by atoms with Crippen molar-refractivity contribution >= 4 is 29.3 Å². The Morgan fingerprint density at radius 2 is 1.85 bits per heavy atom. The van der Waals surface area contributed by atoms with Crippen LogP contribution >= 0.6 is 11.6 Å². The van der Waals surface area contributed by atoms with Crippen LogP contribution in [0.3, 0.4) is 0 Å². The third-order valence-electron chi connectivity index (χ3n) is 9.82. The van der Waals surface area contributed by atoms with Gasteiger partial charge >= 0.3 is 11.9 Å². The van der Waals surface area contributed by atoms with Gasteiger partial charge in [-0.2, -0.15) is 0 Å². The zero-order valence-electron chi connectivity index (χ0n) is 23.9. The number of rotatable bonds is 7. The molecule has 222 valence electrons. The molecule has 0 unspecified atom stereocenters. The first-order chi connectivity index (χ1) is 18.9. The summed E-state index contributed by atoms with van der Waals surface area (Å²) >= 11 is 5.56. The van der Waals surface area contributed by atoms with Gasteiger partial charge in [-0.25, -0.2) is 4.79 Å². The number of carbonyl (C=O) groups excluding carboxylic acids is 3. The molecule has 0 bridgehead atoms. The maximum atomic E-state index is 12.8. The number of esters is 2. The molecular weight excluding hydrogens is 540 g/mol. The second-order valence-corrected chi connectivity index (χ2v) is 12.9. The van der Waals surface area contributed by atoms with Crippen LogP contribution in [0.5, 0.6) is 0 Å². The predicted octanol–water partition coefficient (Wildman–Crippen LogP) is 5.04. The Morgan fingerprint density at radius 1 is 1.10 bits per heavy atom. The lowest BCUT2D eigenvalue weighted by atomic mass is 9.81. The molecule has 10 atom stereocenters. The van der Waals surface area contributed by atoms with Crippen molar-refractivity contribution in [1.29, 1.82) is 0 Å². The molecule has 0 aromatic rings. The van der Waals surface area contributed by atoms with Gasteiger partial charge in [0.2, 0.25) is 0 Å². The molecule has 4 fully saturated rings. The van der Waals surface area contributed by atoms with Crippen LogP contribution in [0.2, 0.25) is 0 Å². The van der Waals surface area contributed by atoms with Crippen LogP contribution in [-0.2, 0) is 38.1 Å². The number of carbonyl (C=O) groups is 3. The molecule has 0 aromatic heterocycles. The van der Waals surface area contributed by atoms with Crippen LogP contribution in [0.1, 0.15) is 86.0 Å². The smallest absolute Gasteiger partial charge is 0.351 e. The Labute approximate surface area is 240 Å². The molecule has 5 heterocycles. The van der Waals surface area contributed by atoms with Crippen molar-refractivity contribution in [2.45, 2.75) is 128 Å². The molecule has 4 saturated heterocycles. The second kappa shape index (κ2) is 11.0. The molecule has 0 spiro atoms. The van der Waals surface area contributed by atoms with Gasteiger partial charge in [0.15, 0.2) is 17.3 Å². The molecule has 10 heteroatoms. The number of ether oxygens (including phenoxy) is 5. The van der Waals surface area contributed by atoms with E-state index in [4.69, 9.17) is 35.3 Å².